The Labute approximate surface area is 124 Å². The number of unbranched alkanes of at least 4 members (excludes halogenated alkanes) is 2. The summed E-state index contributed by atoms with van der Waals surface area (Å²) in [7, 11) is 0. The fraction of sp³-hybridized carbons (Fsp3) is 1.00. The van der Waals surface area contributed by atoms with E-state index in [4.69, 9.17) is 15.2 Å². The van der Waals surface area contributed by atoms with E-state index in [0.29, 0.717) is 26.3 Å². The SMILES string of the molecule is CCCCOC(CCCC)COCC(O)CNCCN. The normalized spacial score (nSPS) is 14.4. The number of hydrogen-bond donors (Lipinski definition) is 3. The molecule has 0 aromatic heterocycles. The lowest BCUT2D eigenvalue weighted by molar-refractivity contribution is -0.0426. The summed E-state index contributed by atoms with van der Waals surface area (Å²) in [6.07, 6.45) is 5.26. The molecule has 0 rings (SSSR count). The molecule has 2 unspecified atom stereocenters. The molecule has 0 saturated heterocycles. The van der Waals surface area contributed by atoms with Crippen LogP contribution in [0.2, 0.25) is 0 Å². The number of aliphatic hydroxyl groups is 1. The topological polar surface area (TPSA) is 76.7 Å². The molecule has 0 aromatic rings. The van der Waals surface area contributed by atoms with Crippen molar-refractivity contribution >= 4 is 0 Å². The minimum atomic E-state index is -0.482. The molecule has 0 spiro atoms. The number of nitrogens with one attached hydrogen (secondary N) is 1. The van der Waals surface area contributed by atoms with Crippen LogP contribution in [-0.4, -0.2) is 56.8 Å². The summed E-state index contributed by atoms with van der Waals surface area (Å²) in [5, 5.41) is 12.8. The van der Waals surface area contributed by atoms with E-state index in [9.17, 15) is 5.11 Å². The van der Waals surface area contributed by atoms with Crippen molar-refractivity contribution in [2.75, 3.05) is 39.5 Å². The Morgan fingerprint density at radius 1 is 1.15 bits per heavy atom. The molecule has 0 heterocycles. The second kappa shape index (κ2) is 15.2. The first-order valence-electron chi connectivity index (χ1n) is 8.02. The zero-order valence-corrected chi connectivity index (χ0v) is 13.3. The molecule has 0 amide bonds. The molecule has 0 saturated carbocycles. The zero-order chi connectivity index (χ0) is 15.1. The fourth-order valence-electron chi connectivity index (χ4n) is 1.81. The largest absolute Gasteiger partial charge is 0.389 e. The first-order valence-corrected chi connectivity index (χ1v) is 8.02. The third-order valence-electron chi connectivity index (χ3n) is 3.05. The molecule has 0 radical (unpaired) electrons. The van der Waals surface area contributed by atoms with Gasteiger partial charge in [0.25, 0.3) is 0 Å². The van der Waals surface area contributed by atoms with Crippen molar-refractivity contribution in [1.82, 2.24) is 5.32 Å². The second-order valence-corrected chi connectivity index (χ2v) is 5.17. The molecule has 20 heavy (non-hydrogen) atoms. The van der Waals surface area contributed by atoms with Gasteiger partial charge < -0.3 is 25.6 Å². The number of aliphatic hydroxyl groups excluding tert-OH is 1. The maximum atomic E-state index is 9.71. The third kappa shape index (κ3) is 12.8. The summed E-state index contributed by atoms with van der Waals surface area (Å²) >= 11 is 0. The van der Waals surface area contributed by atoms with Gasteiger partial charge in [0, 0.05) is 26.2 Å². The Hall–Kier alpha value is -0.200. The molecule has 0 aliphatic rings. The summed E-state index contributed by atoms with van der Waals surface area (Å²) in [6.45, 7) is 7.87. The molecule has 0 aliphatic heterocycles. The maximum absolute atomic E-state index is 9.71. The number of ether oxygens (including phenoxy) is 2. The number of hydrogen-bond acceptors (Lipinski definition) is 5. The van der Waals surface area contributed by atoms with Crippen molar-refractivity contribution in [3.8, 4) is 0 Å². The molecule has 122 valence electrons. The standard InChI is InChI=1S/C15H34N2O3/c1-3-5-7-15(20-10-6-4-2)13-19-12-14(18)11-17-9-8-16/h14-15,17-18H,3-13,16H2,1-2H3. The van der Waals surface area contributed by atoms with Gasteiger partial charge in [0.05, 0.1) is 25.4 Å². The first kappa shape index (κ1) is 19.8. The lowest BCUT2D eigenvalue weighted by atomic mass is 10.2. The van der Waals surface area contributed by atoms with Gasteiger partial charge in [-0.05, 0) is 12.8 Å². The van der Waals surface area contributed by atoms with Gasteiger partial charge in [-0.3, -0.25) is 0 Å². The second-order valence-electron chi connectivity index (χ2n) is 5.17. The van der Waals surface area contributed by atoms with Gasteiger partial charge >= 0.3 is 0 Å². The van der Waals surface area contributed by atoms with Gasteiger partial charge in [-0.25, -0.2) is 0 Å². The minimum absolute atomic E-state index is 0.158. The zero-order valence-electron chi connectivity index (χ0n) is 13.3. The lowest BCUT2D eigenvalue weighted by Gasteiger charge is -2.19. The summed E-state index contributed by atoms with van der Waals surface area (Å²) in [5.41, 5.74) is 5.37. The Bertz CT molecular complexity index is 194. The number of nitrogens with two attached hydrogens (primary N) is 1. The van der Waals surface area contributed by atoms with Crippen LogP contribution in [0, 0.1) is 0 Å². The van der Waals surface area contributed by atoms with Gasteiger partial charge in [-0.1, -0.05) is 33.1 Å². The average Bonchev–Trinajstić information content (AvgIpc) is 2.44. The molecule has 0 fully saturated rings. The smallest absolute Gasteiger partial charge is 0.0897 e. The molecule has 4 N–H and O–H groups in total. The molecular formula is C15H34N2O3. The highest BCUT2D eigenvalue weighted by molar-refractivity contribution is 4.61. The molecule has 5 nitrogen and oxygen atoms in total. The Kier molecular flexibility index (Phi) is 15.0. The quantitative estimate of drug-likeness (QED) is 0.396. The summed E-state index contributed by atoms with van der Waals surface area (Å²) < 4.78 is 11.4. The van der Waals surface area contributed by atoms with E-state index < -0.39 is 6.10 Å². The summed E-state index contributed by atoms with van der Waals surface area (Å²) in [5.74, 6) is 0. The predicted octanol–water partition coefficient (Wildman–Crippen LogP) is 1.29. The Balaban J connectivity index is 3.69. The van der Waals surface area contributed by atoms with E-state index in [-0.39, 0.29) is 6.10 Å². The third-order valence-corrected chi connectivity index (χ3v) is 3.05. The van der Waals surface area contributed by atoms with E-state index in [2.05, 4.69) is 19.2 Å². The van der Waals surface area contributed by atoms with Crippen LogP contribution in [0.5, 0.6) is 0 Å². The van der Waals surface area contributed by atoms with Crippen LogP contribution < -0.4 is 11.1 Å². The van der Waals surface area contributed by atoms with Gasteiger partial charge in [-0.15, -0.1) is 0 Å². The van der Waals surface area contributed by atoms with Crippen LogP contribution >= 0.6 is 0 Å². The van der Waals surface area contributed by atoms with E-state index >= 15 is 0 Å². The maximum Gasteiger partial charge on any atom is 0.0897 e. The van der Waals surface area contributed by atoms with Crippen molar-refractivity contribution in [2.24, 2.45) is 5.73 Å². The molecule has 5 heteroatoms. The average molecular weight is 290 g/mol. The van der Waals surface area contributed by atoms with Crippen molar-refractivity contribution in [2.45, 2.75) is 58.2 Å². The Morgan fingerprint density at radius 3 is 2.55 bits per heavy atom. The summed E-state index contributed by atoms with van der Waals surface area (Å²) in [6, 6.07) is 0. The van der Waals surface area contributed by atoms with Crippen LogP contribution in [0.15, 0.2) is 0 Å². The van der Waals surface area contributed by atoms with Crippen molar-refractivity contribution in [1.29, 1.82) is 0 Å². The van der Waals surface area contributed by atoms with Gasteiger partial charge in [0.15, 0.2) is 0 Å². The first-order chi connectivity index (χ1) is 9.74. The van der Waals surface area contributed by atoms with E-state index in [0.717, 1.165) is 38.8 Å². The van der Waals surface area contributed by atoms with Crippen molar-refractivity contribution in [3.63, 3.8) is 0 Å². The van der Waals surface area contributed by atoms with Crippen LogP contribution in [0.25, 0.3) is 0 Å². The van der Waals surface area contributed by atoms with Gasteiger partial charge in [0.1, 0.15) is 0 Å². The fourth-order valence-corrected chi connectivity index (χ4v) is 1.81. The van der Waals surface area contributed by atoms with Gasteiger partial charge in [0.2, 0.25) is 0 Å². The highest BCUT2D eigenvalue weighted by Crippen LogP contribution is 2.07. The van der Waals surface area contributed by atoms with Crippen molar-refractivity contribution in [3.05, 3.63) is 0 Å². The molecule has 2 atom stereocenters. The van der Waals surface area contributed by atoms with E-state index in [1.165, 1.54) is 6.42 Å². The van der Waals surface area contributed by atoms with Crippen molar-refractivity contribution < 1.29 is 14.6 Å². The highest BCUT2D eigenvalue weighted by atomic mass is 16.5. The number of rotatable bonds is 15. The Morgan fingerprint density at radius 2 is 1.90 bits per heavy atom. The lowest BCUT2D eigenvalue weighted by Crippen LogP contribution is -2.34. The summed E-state index contributed by atoms with van der Waals surface area (Å²) in [4.78, 5) is 0. The monoisotopic (exact) mass is 290 g/mol. The van der Waals surface area contributed by atoms with Gasteiger partial charge in [-0.2, -0.15) is 0 Å². The molecular weight excluding hydrogens is 256 g/mol. The molecule has 0 aromatic carbocycles. The molecule has 0 aliphatic carbocycles. The minimum Gasteiger partial charge on any atom is -0.389 e. The van der Waals surface area contributed by atoms with Crippen LogP contribution in [0.4, 0.5) is 0 Å². The predicted molar refractivity (Wildman–Crippen MR) is 82.9 cm³/mol. The van der Waals surface area contributed by atoms with E-state index in [1.807, 2.05) is 0 Å². The molecule has 0 bridgehead atoms. The van der Waals surface area contributed by atoms with Crippen LogP contribution in [0.3, 0.4) is 0 Å². The highest BCUT2D eigenvalue weighted by Gasteiger charge is 2.10. The van der Waals surface area contributed by atoms with Crippen LogP contribution in [0.1, 0.15) is 46.0 Å². The van der Waals surface area contributed by atoms with Crippen LogP contribution in [-0.2, 0) is 9.47 Å². The van der Waals surface area contributed by atoms with E-state index in [1.54, 1.807) is 0 Å².